The highest BCUT2D eigenvalue weighted by atomic mass is 35.5. The third kappa shape index (κ3) is 8.53. The highest BCUT2D eigenvalue weighted by Crippen LogP contribution is 2.30. The predicted molar refractivity (Wildman–Crippen MR) is 174 cm³/mol. The number of rotatable bonds is 9. The number of thioether (sulfide) groups is 1. The monoisotopic (exact) mass is 657 g/mol. The van der Waals surface area contributed by atoms with Crippen molar-refractivity contribution in [1.82, 2.24) is 5.32 Å². The zero-order valence-corrected chi connectivity index (χ0v) is 25.8. The molecule has 42 heavy (non-hydrogen) atoms. The summed E-state index contributed by atoms with van der Waals surface area (Å²) >= 11 is 26.1. The van der Waals surface area contributed by atoms with Crippen LogP contribution in [0.5, 0.6) is 0 Å². The van der Waals surface area contributed by atoms with E-state index >= 15 is 0 Å². The van der Waals surface area contributed by atoms with Crippen LogP contribution >= 0.6 is 58.2 Å². The highest BCUT2D eigenvalue weighted by Gasteiger charge is 2.19. The molecule has 0 fully saturated rings. The second kappa shape index (κ2) is 14.6. The average molecular weight is 659 g/mol. The average Bonchev–Trinajstić information content (AvgIpc) is 2.96. The first-order chi connectivity index (χ1) is 20.1. The number of benzene rings is 4. The third-order valence-electron chi connectivity index (χ3n) is 5.78. The Morgan fingerprint density at radius 1 is 0.762 bits per heavy atom. The zero-order valence-electron chi connectivity index (χ0n) is 22.0. The topological polar surface area (TPSA) is 87.3 Å². The van der Waals surface area contributed by atoms with Crippen LogP contribution in [0, 0.1) is 0 Å². The molecule has 0 heterocycles. The van der Waals surface area contributed by atoms with E-state index in [-0.39, 0.29) is 11.6 Å². The molecule has 0 bridgehead atoms. The maximum Gasteiger partial charge on any atom is 0.272 e. The summed E-state index contributed by atoms with van der Waals surface area (Å²) in [6.45, 7) is 1.75. The largest absolute Gasteiger partial charge is 0.324 e. The van der Waals surface area contributed by atoms with E-state index in [1.165, 1.54) is 17.8 Å². The minimum Gasteiger partial charge on any atom is -0.324 e. The minimum absolute atomic E-state index is 0.0653. The van der Waals surface area contributed by atoms with Gasteiger partial charge in [0.25, 0.3) is 11.8 Å². The molecule has 4 aromatic carbocycles. The third-order valence-corrected chi connectivity index (χ3v) is 8.08. The highest BCUT2D eigenvalue weighted by molar-refractivity contribution is 8.00. The van der Waals surface area contributed by atoms with Crippen LogP contribution in [0.1, 0.15) is 22.8 Å². The lowest BCUT2D eigenvalue weighted by Gasteiger charge is -2.15. The Labute approximate surface area is 267 Å². The molecule has 11 heteroatoms. The summed E-state index contributed by atoms with van der Waals surface area (Å²) in [6, 6.07) is 25.2. The smallest absolute Gasteiger partial charge is 0.272 e. The van der Waals surface area contributed by atoms with Crippen LogP contribution in [0.2, 0.25) is 20.1 Å². The molecule has 6 nitrogen and oxygen atoms in total. The van der Waals surface area contributed by atoms with Crippen molar-refractivity contribution in [2.24, 2.45) is 0 Å². The van der Waals surface area contributed by atoms with Crippen LogP contribution in [-0.4, -0.2) is 23.0 Å². The first kappa shape index (κ1) is 31.5. The van der Waals surface area contributed by atoms with Crippen LogP contribution in [0.25, 0.3) is 6.08 Å². The number of hydrogen-bond acceptors (Lipinski definition) is 4. The van der Waals surface area contributed by atoms with E-state index in [4.69, 9.17) is 46.4 Å². The number of halogens is 4. The van der Waals surface area contributed by atoms with E-state index in [1.807, 2.05) is 6.07 Å². The van der Waals surface area contributed by atoms with Gasteiger partial charge >= 0.3 is 0 Å². The summed E-state index contributed by atoms with van der Waals surface area (Å²) in [5.41, 5.74) is 1.58. The van der Waals surface area contributed by atoms with Gasteiger partial charge in [0.1, 0.15) is 5.70 Å². The van der Waals surface area contributed by atoms with Crippen molar-refractivity contribution in [3.63, 3.8) is 0 Å². The number of carbonyl (C=O) groups excluding carboxylic acids is 3. The second-order valence-electron chi connectivity index (χ2n) is 8.87. The van der Waals surface area contributed by atoms with E-state index in [0.717, 1.165) is 4.90 Å². The molecule has 0 spiro atoms. The summed E-state index contributed by atoms with van der Waals surface area (Å²) in [4.78, 5) is 39.9. The van der Waals surface area contributed by atoms with Crippen LogP contribution in [0.15, 0.2) is 102 Å². The number of hydrogen-bond donors (Lipinski definition) is 3. The number of anilines is 2. The van der Waals surface area contributed by atoms with Crippen molar-refractivity contribution in [3.8, 4) is 0 Å². The molecule has 0 aliphatic heterocycles. The fourth-order valence-electron chi connectivity index (χ4n) is 3.66. The van der Waals surface area contributed by atoms with Gasteiger partial charge in [-0.2, -0.15) is 0 Å². The quantitative estimate of drug-likeness (QED) is 0.124. The van der Waals surface area contributed by atoms with Crippen molar-refractivity contribution >= 4 is 93.3 Å². The number of amides is 3. The second-order valence-corrected chi connectivity index (χ2v) is 11.9. The van der Waals surface area contributed by atoms with Gasteiger partial charge in [0.05, 0.1) is 16.0 Å². The fourth-order valence-corrected chi connectivity index (χ4v) is 5.55. The molecule has 214 valence electrons. The molecule has 1 unspecified atom stereocenters. The van der Waals surface area contributed by atoms with Crippen molar-refractivity contribution in [3.05, 3.63) is 128 Å². The molecule has 0 aliphatic carbocycles. The van der Waals surface area contributed by atoms with Crippen molar-refractivity contribution in [1.29, 1.82) is 0 Å². The summed E-state index contributed by atoms with van der Waals surface area (Å²) in [6.07, 6.45) is 1.42. The van der Waals surface area contributed by atoms with E-state index < -0.39 is 17.1 Å². The SMILES string of the molecule is CC(Sc1cccc(NC(=O)/C(=C\c2c(Cl)cccc2Cl)NC(=O)c2ccccc2)c1)C(=O)Nc1ccc(Cl)cc1Cl. The van der Waals surface area contributed by atoms with Crippen LogP contribution in [0.4, 0.5) is 11.4 Å². The van der Waals surface area contributed by atoms with Gasteiger partial charge in [-0.3, -0.25) is 14.4 Å². The molecule has 1 atom stereocenters. The molecular formula is C31H23Cl4N3O3S. The van der Waals surface area contributed by atoms with Gasteiger partial charge in [-0.25, -0.2) is 0 Å². The maximum absolute atomic E-state index is 13.4. The van der Waals surface area contributed by atoms with E-state index in [1.54, 1.807) is 91.9 Å². The van der Waals surface area contributed by atoms with E-state index in [9.17, 15) is 14.4 Å². The Bertz CT molecular complexity index is 1640. The van der Waals surface area contributed by atoms with Crippen LogP contribution < -0.4 is 16.0 Å². The van der Waals surface area contributed by atoms with Crippen LogP contribution in [0.3, 0.4) is 0 Å². The molecule has 0 aromatic heterocycles. The van der Waals surface area contributed by atoms with Gasteiger partial charge in [-0.15, -0.1) is 11.8 Å². The molecule has 0 saturated carbocycles. The fraction of sp³-hybridized carbons (Fsp3) is 0.0645. The lowest BCUT2D eigenvalue weighted by Crippen LogP contribution is -2.30. The molecule has 4 aromatic rings. The Hall–Kier alpha value is -3.46. The van der Waals surface area contributed by atoms with E-state index in [2.05, 4.69) is 16.0 Å². The molecule has 0 aliphatic rings. The summed E-state index contributed by atoms with van der Waals surface area (Å²) in [5.74, 6) is -1.34. The first-order valence-electron chi connectivity index (χ1n) is 12.5. The maximum atomic E-state index is 13.4. The summed E-state index contributed by atoms with van der Waals surface area (Å²) in [7, 11) is 0. The molecular weight excluding hydrogens is 636 g/mol. The van der Waals surface area contributed by atoms with Crippen molar-refractivity contribution in [2.45, 2.75) is 17.1 Å². The summed E-state index contributed by atoms with van der Waals surface area (Å²) < 4.78 is 0. The Morgan fingerprint density at radius 2 is 1.45 bits per heavy atom. The first-order valence-corrected chi connectivity index (χ1v) is 14.9. The Morgan fingerprint density at radius 3 is 2.14 bits per heavy atom. The van der Waals surface area contributed by atoms with Crippen molar-refractivity contribution in [2.75, 3.05) is 10.6 Å². The molecule has 4 rings (SSSR count). The summed E-state index contributed by atoms with van der Waals surface area (Å²) in [5, 5.41) is 9.19. The normalized spacial score (nSPS) is 11.9. The van der Waals surface area contributed by atoms with Gasteiger partial charge < -0.3 is 16.0 Å². The number of nitrogens with one attached hydrogen (secondary N) is 3. The van der Waals surface area contributed by atoms with Gasteiger partial charge in [0, 0.05) is 36.8 Å². The molecule has 0 saturated heterocycles. The van der Waals surface area contributed by atoms with Gasteiger partial charge in [-0.05, 0) is 73.7 Å². The standard InChI is InChI=1S/C31H23Cl4N3O3S/c1-18(29(39)37-27-14-13-20(32)15-26(27)35)42-22-10-5-9-21(16-22)36-31(41)28(17-23-24(33)11-6-12-25(23)34)38-30(40)19-7-3-2-4-8-19/h2-18H,1H3,(H,36,41)(H,37,39)(H,38,40)/b28-17+. The molecule has 3 N–H and O–H groups in total. The lowest BCUT2D eigenvalue weighted by molar-refractivity contribution is -0.115. The minimum atomic E-state index is -0.597. The Kier molecular flexibility index (Phi) is 11.0. The van der Waals surface area contributed by atoms with E-state index in [0.29, 0.717) is 42.6 Å². The molecule has 0 radical (unpaired) electrons. The number of carbonyl (C=O) groups is 3. The van der Waals surface area contributed by atoms with Gasteiger partial charge in [0.15, 0.2) is 0 Å². The van der Waals surface area contributed by atoms with Gasteiger partial charge in [0.2, 0.25) is 5.91 Å². The molecule has 3 amide bonds. The van der Waals surface area contributed by atoms with Crippen molar-refractivity contribution < 1.29 is 14.4 Å². The van der Waals surface area contributed by atoms with Gasteiger partial charge in [-0.1, -0.05) is 76.7 Å². The predicted octanol–water partition coefficient (Wildman–Crippen LogP) is 8.83. The zero-order chi connectivity index (χ0) is 30.2. The van der Waals surface area contributed by atoms with Crippen LogP contribution in [-0.2, 0) is 9.59 Å². The lowest BCUT2D eigenvalue weighted by atomic mass is 10.1. The Balaban J connectivity index is 1.51.